The Morgan fingerprint density at radius 3 is 2.29 bits per heavy atom. The third-order valence-electron chi connectivity index (χ3n) is 3.88. The zero-order valence-electron chi connectivity index (χ0n) is 11.8. The van der Waals surface area contributed by atoms with Crippen LogP contribution in [0.3, 0.4) is 0 Å². The van der Waals surface area contributed by atoms with E-state index in [1.54, 1.807) is 0 Å². The summed E-state index contributed by atoms with van der Waals surface area (Å²) in [5.74, 6) is 0. The fourth-order valence-corrected chi connectivity index (χ4v) is 1.49. The molecule has 0 aliphatic rings. The van der Waals surface area contributed by atoms with Gasteiger partial charge in [-0.05, 0) is 28.5 Å². The van der Waals surface area contributed by atoms with Gasteiger partial charge in [0, 0.05) is 18.8 Å². The lowest BCUT2D eigenvalue weighted by atomic mass is 9.69. The van der Waals surface area contributed by atoms with E-state index in [0.717, 1.165) is 18.8 Å². The highest BCUT2D eigenvalue weighted by molar-refractivity contribution is 5.40. The summed E-state index contributed by atoms with van der Waals surface area (Å²) in [5, 5.41) is 3.52. The predicted octanol–water partition coefficient (Wildman–Crippen LogP) is 3.43. The monoisotopic (exact) mass is 234 g/mol. The summed E-state index contributed by atoms with van der Waals surface area (Å²) in [6.07, 6.45) is 0. The molecule has 3 N–H and O–H groups in total. The molecule has 1 rings (SSSR count). The molecule has 2 nitrogen and oxygen atoms in total. The van der Waals surface area contributed by atoms with Gasteiger partial charge in [-0.1, -0.05) is 46.8 Å². The highest BCUT2D eigenvalue weighted by Crippen LogP contribution is 2.36. The van der Waals surface area contributed by atoms with Crippen molar-refractivity contribution in [3.8, 4) is 0 Å². The highest BCUT2D eigenvalue weighted by Gasteiger charge is 2.31. The molecule has 0 aliphatic heterocycles. The van der Waals surface area contributed by atoms with Gasteiger partial charge in [-0.2, -0.15) is 0 Å². The van der Waals surface area contributed by atoms with Gasteiger partial charge >= 0.3 is 0 Å². The number of nitrogen functional groups attached to an aromatic ring is 1. The average Bonchev–Trinajstić information content (AvgIpc) is 2.15. The van der Waals surface area contributed by atoms with Crippen LogP contribution in [0.2, 0.25) is 0 Å². The van der Waals surface area contributed by atoms with Crippen LogP contribution in [-0.2, 0) is 6.54 Å². The maximum atomic E-state index is 5.76. The molecule has 96 valence electrons. The van der Waals surface area contributed by atoms with Crippen molar-refractivity contribution in [1.82, 2.24) is 5.32 Å². The van der Waals surface area contributed by atoms with Crippen LogP contribution >= 0.6 is 0 Å². The Hall–Kier alpha value is -1.02. The second-order valence-electron chi connectivity index (χ2n) is 6.48. The Labute approximate surface area is 106 Å². The van der Waals surface area contributed by atoms with Crippen LogP contribution in [-0.4, -0.2) is 6.54 Å². The second kappa shape index (κ2) is 5.09. The first-order valence-corrected chi connectivity index (χ1v) is 6.27. The molecule has 17 heavy (non-hydrogen) atoms. The first-order valence-electron chi connectivity index (χ1n) is 6.27. The van der Waals surface area contributed by atoms with Gasteiger partial charge < -0.3 is 11.1 Å². The fraction of sp³-hybridized carbons (Fsp3) is 0.600. The maximum Gasteiger partial charge on any atom is 0.0317 e. The van der Waals surface area contributed by atoms with Crippen molar-refractivity contribution in [3.63, 3.8) is 0 Å². The zero-order chi connectivity index (χ0) is 13.1. The largest absolute Gasteiger partial charge is 0.399 e. The molecule has 0 amide bonds. The molecule has 0 unspecified atom stereocenters. The van der Waals surface area contributed by atoms with Crippen LogP contribution in [0.5, 0.6) is 0 Å². The van der Waals surface area contributed by atoms with E-state index in [1.807, 2.05) is 18.2 Å². The van der Waals surface area contributed by atoms with E-state index < -0.39 is 0 Å². The lowest BCUT2D eigenvalue weighted by Crippen LogP contribution is -2.39. The van der Waals surface area contributed by atoms with Crippen LogP contribution in [0.15, 0.2) is 24.3 Å². The van der Waals surface area contributed by atoms with Gasteiger partial charge in [0.1, 0.15) is 0 Å². The van der Waals surface area contributed by atoms with Crippen LogP contribution < -0.4 is 11.1 Å². The number of nitrogens with one attached hydrogen (secondary N) is 1. The lowest BCUT2D eigenvalue weighted by Gasteiger charge is -2.39. The van der Waals surface area contributed by atoms with Gasteiger partial charge in [-0.25, -0.2) is 0 Å². The van der Waals surface area contributed by atoms with Crippen molar-refractivity contribution >= 4 is 5.69 Å². The first-order chi connectivity index (χ1) is 7.72. The van der Waals surface area contributed by atoms with E-state index in [1.165, 1.54) is 5.56 Å². The highest BCUT2D eigenvalue weighted by atomic mass is 14.9. The molecule has 0 heterocycles. The third-order valence-corrected chi connectivity index (χ3v) is 3.88. The second-order valence-corrected chi connectivity index (χ2v) is 6.48. The SMILES string of the molecule is CC(C)(C)C(C)(C)CNCc1cccc(N)c1. The molecule has 0 aliphatic carbocycles. The van der Waals surface area contributed by atoms with Crippen LogP contribution in [0.25, 0.3) is 0 Å². The number of anilines is 1. The standard InChI is InChI=1S/C15H26N2/c1-14(2,3)15(4,5)11-17-10-12-7-6-8-13(16)9-12/h6-9,17H,10-11,16H2,1-5H3. The first kappa shape index (κ1) is 14.0. The molecule has 0 saturated carbocycles. The molecule has 0 fully saturated rings. The van der Waals surface area contributed by atoms with E-state index in [4.69, 9.17) is 5.73 Å². The van der Waals surface area contributed by atoms with E-state index >= 15 is 0 Å². The Balaban J connectivity index is 2.48. The molecule has 0 spiro atoms. The van der Waals surface area contributed by atoms with E-state index in [2.05, 4.69) is 46.0 Å². The van der Waals surface area contributed by atoms with Gasteiger partial charge in [0.2, 0.25) is 0 Å². The molecule has 0 saturated heterocycles. The number of benzene rings is 1. The van der Waals surface area contributed by atoms with Crippen molar-refractivity contribution in [1.29, 1.82) is 0 Å². The van der Waals surface area contributed by atoms with E-state index in [9.17, 15) is 0 Å². The van der Waals surface area contributed by atoms with Crippen molar-refractivity contribution < 1.29 is 0 Å². The molecule has 0 radical (unpaired) electrons. The molecule has 0 atom stereocenters. The molecule has 1 aromatic carbocycles. The van der Waals surface area contributed by atoms with Crippen LogP contribution in [0.1, 0.15) is 40.2 Å². The number of hydrogen-bond donors (Lipinski definition) is 2. The van der Waals surface area contributed by atoms with Crippen LogP contribution in [0.4, 0.5) is 5.69 Å². The minimum Gasteiger partial charge on any atom is -0.399 e. The minimum absolute atomic E-state index is 0.271. The van der Waals surface area contributed by atoms with Crippen molar-refractivity contribution in [3.05, 3.63) is 29.8 Å². The molecule has 0 bridgehead atoms. The Kier molecular flexibility index (Phi) is 4.21. The van der Waals surface area contributed by atoms with Crippen molar-refractivity contribution in [2.75, 3.05) is 12.3 Å². The van der Waals surface area contributed by atoms with Gasteiger partial charge in [-0.3, -0.25) is 0 Å². The Morgan fingerprint density at radius 2 is 1.76 bits per heavy atom. The maximum absolute atomic E-state index is 5.76. The average molecular weight is 234 g/mol. The fourth-order valence-electron chi connectivity index (χ4n) is 1.49. The number of hydrogen-bond acceptors (Lipinski definition) is 2. The van der Waals surface area contributed by atoms with E-state index in [0.29, 0.717) is 5.41 Å². The minimum atomic E-state index is 0.271. The molecular formula is C15H26N2. The summed E-state index contributed by atoms with van der Waals surface area (Å²) in [5.41, 5.74) is 8.41. The quantitative estimate of drug-likeness (QED) is 0.783. The van der Waals surface area contributed by atoms with Crippen LogP contribution in [0, 0.1) is 10.8 Å². The van der Waals surface area contributed by atoms with Crippen molar-refractivity contribution in [2.45, 2.75) is 41.2 Å². The molecular weight excluding hydrogens is 208 g/mol. The predicted molar refractivity (Wildman–Crippen MR) is 75.8 cm³/mol. The number of nitrogens with two attached hydrogens (primary N) is 1. The summed E-state index contributed by atoms with van der Waals surface area (Å²) in [4.78, 5) is 0. The summed E-state index contributed by atoms with van der Waals surface area (Å²) < 4.78 is 0. The number of rotatable bonds is 4. The Bertz CT molecular complexity index is 361. The zero-order valence-corrected chi connectivity index (χ0v) is 11.8. The normalized spacial score (nSPS) is 12.8. The van der Waals surface area contributed by atoms with E-state index in [-0.39, 0.29) is 5.41 Å². The van der Waals surface area contributed by atoms with Gasteiger partial charge in [0.15, 0.2) is 0 Å². The molecule has 2 heteroatoms. The van der Waals surface area contributed by atoms with Gasteiger partial charge in [0.25, 0.3) is 0 Å². The van der Waals surface area contributed by atoms with Crippen molar-refractivity contribution in [2.24, 2.45) is 10.8 Å². The summed E-state index contributed by atoms with van der Waals surface area (Å²) in [7, 11) is 0. The Morgan fingerprint density at radius 1 is 1.12 bits per heavy atom. The lowest BCUT2D eigenvalue weighted by molar-refractivity contribution is 0.129. The van der Waals surface area contributed by atoms with Gasteiger partial charge in [-0.15, -0.1) is 0 Å². The summed E-state index contributed by atoms with van der Waals surface area (Å²) in [6.45, 7) is 13.4. The summed E-state index contributed by atoms with van der Waals surface area (Å²) >= 11 is 0. The van der Waals surface area contributed by atoms with Gasteiger partial charge in [0.05, 0.1) is 0 Å². The third kappa shape index (κ3) is 4.04. The smallest absolute Gasteiger partial charge is 0.0317 e. The topological polar surface area (TPSA) is 38.0 Å². The molecule has 1 aromatic rings. The molecule has 0 aromatic heterocycles. The summed E-state index contributed by atoms with van der Waals surface area (Å²) in [6, 6.07) is 8.05.